The van der Waals surface area contributed by atoms with Crippen LogP contribution in [0.5, 0.6) is 11.5 Å². The number of nitrogens with zero attached hydrogens (tertiary/aromatic N) is 3. The van der Waals surface area contributed by atoms with Crippen LogP contribution in [0.1, 0.15) is 36.4 Å². The van der Waals surface area contributed by atoms with Gasteiger partial charge in [0.1, 0.15) is 17.3 Å². The number of ether oxygens (including phenoxy) is 1. The Morgan fingerprint density at radius 3 is 2.31 bits per heavy atom. The largest absolute Gasteiger partial charge is 0.452 e. The van der Waals surface area contributed by atoms with Crippen LogP contribution in [-0.4, -0.2) is 15.0 Å². The molecule has 0 saturated heterocycles. The van der Waals surface area contributed by atoms with Crippen molar-refractivity contribution in [2.75, 3.05) is 5.73 Å². The molecule has 29 heavy (non-hydrogen) atoms. The maximum absolute atomic E-state index is 15.4. The molecule has 4 rings (SSSR count). The van der Waals surface area contributed by atoms with Gasteiger partial charge in [0.05, 0.1) is 24.3 Å². The highest BCUT2D eigenvalue weighted by Crippen LogP contribution is 2.45. The van der Waals surface area contributed by atoms with Gasteiger partial charge in [-0.2, -0.15) is 13.2 Å². The molecule has 0 aliphatic heterocycles. The number of alkyl halides is 3. The molecule has 0 amide bonds. The van der Waals surface area contributed by atoms with Crippen molar-refractivity contribution in [3.05, 3.63) is 59.9 Å². The van der Waals surface area contributed by atoms with Crippen LogP contribution >= 0.6 is 0 Å². The van der Waals surface area contributed by atoms with E-state index in [0.29, 0.717) is 5.56 Å². The smallest absolute Gasteiger partial charge is 0.433 e. The summed E-state index contributed by atoms with van der Waals surface area (Å²) in [5.74, 6) is -0.347. The van der Waals surface area contributed by atoms with Crippen molar-refractivity contribution in [1.29, 1.82) is 0 Å². The Kier molecular flexibility index (Phi) is 4.81. The van der Waals surface area contributed by atoms with Crippen LogP contribution < -0.4 is 10.5 Å². The normalized spacial score (nSPS) is 14.5. The maximum Gasteiger partial charge on any atom is 0.433 e. The molecule has 1 aliphatic carbocycles. The minimum atomic E-state index is -4.56. The second-order valence-electron chi connectivity index (χ2n) is 6.78. The topological polar surface area (TPSA) is 73.9 Å². The standard InChI is InChI=1S/C20H16F4N4O/c21-18-14(15-9-28-17(25)10-26-15)6-5-13(11-2-1-3-11)19(18)29-12-4-7-16(27-8-12)20(22,23)24/h4-11H,1-3H2,(H2,25,28). The van der Waals surface area contributed by atoms with E-state index in [4.69, 9.17) is 10.5 Å². The van der Waals surface area contributed by atoms with E-state index in [2.05, 4.69) is 15.0 Å². The van der Waals surface area contributed by atoms with Gasteiger partial charge >= 0.3 is 6.18 Å². The lowest BCUT2D eigenvalue weighted by Crippen LogP contribution is -2.11. The van der Waals surface area contributed by atoms with E-state index in [0.717, 1.165) is 37.6 Å². The van der Waals surface area contributed by atoms with E-state index in [1.807, 2.05) is 0 Å². The van der Waals surface area contributed by atoms with Crippen LogP contribution in [0.2, 0.25) is 0 Å². The monoisotopic (exact) mass is 404 g/mol. The van der Waals surface area contributed by atoms with Crippen LogP contribution in [0.15, 0.2) is 42.9 Å². The van der Waals surface area contributed by atoms with Crippen LogP contribution in [0.3, 0.4) is 0 Å². The molecule has 150 valence electrons. The lowest BCUT2D eigenvalue weighted by molar-refractivity contribution is -0.141. The first-order valence-corrected chi connectivity index (χ1v) is 8.94. The Balaban J connectivity index is 1.73. The first kappa shape index (κ1) is 19.1. The first-order valence-electron chi connectivity index (χ1n) is 8.94. The average molecular weight is 404 g/mol. The molecule has 1 saturated carbocycles. The summed E-state index contributed by atoms with van der Waals surface area (Å²) in [6.07, 6.45) is 1.84. The summed E-state index contributed by atoms with van der Waals surface area (Å²) in [4.78, 5) is 11.4. The van der Waals surface area contributed by atoms with E-state index >= 15 is 4.39 Å². The van der Waals surface area contributed by atoms with Gasteiger partial charge in [-0.1, -0.05) is 12.5 Å². The number of benzene rings is 1. The Labute approximate surface area is 163 Å². The van der Waals surface area contributed by atoms with Crippen LogP contribution in [-0.2, 0) is 6.18 Å². The predicted octanol–water partition coefficient (Wildman–Crippen LogP) is 5.34. The number of anilines is 1. The Morgan fingerprint density at radius 1 is 0.966 bits per heavy atom. The third-order valence-corrected chi connectivity index (χ3v) is 4.87. The minimum Gasteiger partial charge on any atom is -0.452 e. The summed E-state index contributed by atoms with van der Waals surface area (Å²) in [7, 11) is 0. The van der Waals surface area contributed by atoms with Crippen molar-refractivity contribution in [2.24, 2.45) is 0 Å². The van der Waals surface area contributed by atoms with Crippen molar-refractivity contribution < 1.29 is 22.3 Å². The lowest BCUT2D eigenvalue weighted by Gasteiger charge is -2.28. The molecule has 2 aromatic heterocycles. The van der Waals surface area contributed by atoms with Gasteiger partial charge < -0.3 is 10.5 Å². The van der Waals surface area contributed by atoms with Crippen LogP contribution in [0, 0.1) is 5.82 Å². The molecular weight excluding hydrogens is 388 g/mol. The van der Waals surface area contributed by atoms with Gasteiger partial charge in [0, 0.05) is 11.1 Å². The summed E-state index contributed by atoms with van der Waals surface area (Å²) in [5, 5.41) is 0. The molecule has 0 unspecified atom stereocenters. The second-order valence-corrected chi connectivity index (χ2v) is 6.78. The van der Waals surface area contributed by atoms with Gasteiger partial charge in [-0.15, -0.1) is 0 Å². The zero-order valence-electron chi connectivity index (χ0n) is 15.1. The van der Waals surface area contributed by atoms with E-state index in [1.165, 1.54) is 12.4 Å². The lowest BCUT2D eigenvalue weighted by atomic mass is 9.79. The highest BCUT2D eigenvalue weighted by atomic mass is 19.4. The molecule has 0 spiro atoms. The fourth-order valence-corrected chi connectivity index (χ4v) is 3.12. The first-order chi connectivity index (χ1) is 13.8. The quantitative estimate of drug-likeness (QED) is 0.595. The molecular formula is C20H16F4N4O. The van der Waals surface area contributed by atoms with E-state index in [-0.39, 0.29) is 34.5 Å². The summed E-state index contributed by atoms with van der Waals surface area (Å²) >= 11 is 0. The molecule has 9 heteroatoms. The summed E-state index contributed by atoms with van der Waals surface area (Å²) in [5.41, 5.74) is 5.58. The van der Waals surface area contributed by atoms with Gasteiger partial charge in [-0.05, 0) is 37.0 Å². The molecule has 2 N–H and O–H groups in total. The van der Waals surface area contributed by atoms with Crippen LogP contribution in [0.25, 0.3) is 11.3 Å². The number of pyridine rings is 1. The molecule has 0 atom stereocenters. The average Bonchev–Trinajstić information content (AvgIpc) is 2.64. The number of halogens is 4. The molecule has 0 bridgehead atoms. The number of hydrogen-bond acceptors (Lipinski definition) is 5. The van der Waals surface area contributed by atoms with Crippen molar-refractivity contribution in [1.82, 2.24) is 15.0 Å². The minimum absolute atomic E-state index is 0.0120. The fourth-order valence-electron chi connectivity index (χ4n) is 3.12. The van der Waals surface area contributed by atoms with Gasteiger partial charge in [0.15, 0.2) is 11.6 Å². The van der Waals surface area contributed by atoms with Crippen molar-refractivity contribution >= 4 is 5.82 Å². The van der Waals surface area contributed by atoms with E-state index in [9.17, 15) is 13.2 Å². The highest BCUT2D eigenvalue weighted by Gasteiger charge is 2.32. The molecule has 1 fully saturated rings. The van der Waals surface area contributed by atoms with Crippen molar-refractivity contribution in [3.8, 4) is 22.8 Å². The molecule has 1 aromatic carbocycles. The summed E-state index contributed by atoms with van der Waals surface area (Å²) in [6.45, 7) is 0. The van der Waals surface area contributed by atoms with E-state index < -0.39 is 17.7 Å². The number of nitrogen functional groups attached to an aromatic ring is 1. The number of hydrogen-bond donors (Lipinski definition) is 1. The zero-order valence-corrected chi connectivity index (χ0v) is 15.1. The summed E-state index contributed by atoms with van der Waals surface area (Å²) < 4.78 is 59.2. The second kappa shape index (κ2) is 7.31. The maximum atomic E-state index is 15.4. The third-order valence-electron chi connectivity index (χ3n) is 4.87. The Hall–Kier alpha value is -3.23. The molecule has 3 aromatic rings. The van der Waals surface area contributed by atoms with Gasteiger partial charge in [0.2, 0.25) is 0 Å². The molecule has 2 heterocycles. The molecule has 0 radical (unpaired) electrons. The van der Waals surface area contributed by atoms with Gasteiger partial charge in [0.25, 0.3) is 0 Å². The van der Waals surface area contributed by atoms with Crippen molar-refractivity contribution in [2.45, 2.75) is 31.4 Å². The highest BCUT2D eigenvalue weighted by molar-refractivity contribution is 5.64. The predicted molar refractivity (Wildman–Crippen MR) is 97.7 cm³/mol. The molecule has 5 nitrogen and oxygen atoms in total. The number of rotatable bonds is 4. The van der Waals surface area contributed by atoms with Gasteiger partial charge in [-0.3, -0.25) is 4.98 Å². The summed E-state index contributed by atoms with van der Waals surface area (Å²) in [6, 6.07) is 5.27. The van der Waals surface area contributed by atoms with Crippen LogP contribution in [0.4, 0.5) is 23.4 Å². The third kappa shape index (κ3) is 3.85. The number of nitrogens with two attached hydrogens (primary N) is 1. The number of aromatic nitrogens is 3. The zero-order chi connectivity index (χ0) is 20.6. The SMILES string of the molecule is Nc1cnc(-c2ccc(C3CCC3)c(Oc3ccc(C(F)(F)F)nc3)c2F)cn1. The Morgan fingerprint density at radius 2 is 1.76 bits per heavy atom. The fraction of sp³-hybridized carbons (Fsp3) is 0.250. The molecule has 1 aliphatic rings. The van der Waals surface area contributed by atoms with E-state index in [1.54, 1.807) is 12.1 Å². The Bertz CT molecular complexity index is 1020. The van der Waals surface area contributed by atoms with Gasteiger partial charge in [-0.25, -0.2) is 14.4 Å². The van der Waals surface area contributed by atoms with Crippen molar-refractivity contribution in [3.63, 3.8) is 0 Å².